The number of pyridine rings is 1. The lowest BCUT2D eigenvalue weighted by Gasteiger charge is -2.42. The highest BCUT2D eigenvalue weighted by Gasteiger charge is 2.62. The lowest BCUT2D eigenvalue weighted by molar-refractivity contribution is -0.137. The molecule has 2 aliphatic carbocycles. The van der Waals surface area contributed by atoms with E-state index in [2.05, 4.69) is 30.0 Å². The Morgan fingerprint density at radius 3 is 2.72 bits per heavy atom. The van der Waals surface area contributed by atoms with Crippen LogP contribution < -0.4 is 4.90 Å². The van der Waals surface area contributed by atoms with Crippen molar-refractivity contribution in [2.75, 3.05) is 31.1 Å². The zero-order valence-electron chi connectivity index (χ0n) is 19.5. The molecule has 4 aromatic rings. The fraction of sp³-hybridized carbons (Fsp3) is 0.440. The molecular weight excluding hydrogens is 469 g/mol. The summed E-state index contributed by atoms with van der Waals surface area (Å²) in [6, 6.07) is 4.44. The molecule has 36 heavy (non-hydrogen) atoms. The Hall–Kier alpha value is -3.47. The van der Waals surface area contributed by atoms with Crippen LogP contribution in [0.2, 0.25) is 0 Å². The average molecular weight is 495 g/mol. The number of anilines is 1. The Bertz CT molecular complexity index is 1410. The van der Waals surface area contributed by atoms with Gasteiger partial charge in [-0.3, -0.25) is 14.4 Å². The van der Waals surface area contributed by atoms with Crippen molar-refractivity contribution in [1.29, 1.82) is 0 Å². The molecular formula is C25H25F3N8. The second kappa shape index (κ2) is 7.76. The number of H-pyrrole nitrogens is 1. The van der Waals surface area contributed by atoms with Crippen molar-refractivity contribution in [3.8, 4) is 11.5 Å². The fourth-order valence-corrected chi connectivity index (χ4v) is 5.71. The first kappa shape index (κ1) is 21.8. The van der Waals surface area contributed by atoms with E-state index in [0.29, 0.717) is 22.6 Å². The number of nitrogens with zero attached hydrogens (tertiary/aromatic N) is 7. The first-order chi connectivity index (χ1) is 17.4. The zero-order valence-corrected chi connectivity index (χ0v) is 19.5. The molecule has 4 aromatic heterocycles. The number of halogens is 3. The Labute approximate surface area is 205 Å². The van der Waals surface area contributed by atoms with E-state index in [-0.39, 0.29) is 6.04 Å². The molecule has 0 unspecified atom stereocenters. The maximum atomic E-state index is 13.3. The molecule has 1 saturated heterocycles. The molecule has 5 heterocycles. The van der Waals surface area contributed by atoms with Crippen LogP contribution >= 0.6 is 0 Å². The molecule has 186 valence electrons. The van der Waals surface area contributed by atoms with Gasteiger partial charge in [0.15, 0.2) is 5.82 Å². The summed E-state index contributed by atoms with van der Waals surface area (Å²) in [6.45, 7) is 3.59. The van der Waals surface area contributed by atoms with Crippen molar-refractivity contribution in [1.82, 2.24) is 34.4 Å². The summed E-state index contributed by atoms with van der Waals surface area (Å²) in [5, 5.41) is 7.13. The van der Waals surface area contributed by atoms with E-state index in [1.165, 1.54) is 35.9 Å². The number of nitrogens with one attached hydrogen (secondary N) is 1. The highest BCUT2D eigenvalue weighted by molar-refractivity contribution is 5.59. The minimum absolute atomic E-state index is 0.192. The summed E-state index contributed by atoms with van der Waals surface area (Å²) in [7, 11) is 0. The van der Waals surface area contributed by atoms with Crippen LogP contribution in [0.25, 0.3) is 17.2 Å². The first-order valence-corrected chi connectivity index (χ1v) is 12.3. The Morgan fingerprint density at radius 1 is 1.08 bits per heavy atom. The minimum atomic E-state index is -4.44. The van der Waals surface area contributed by atoms with E-state index < -0.39 is 11.7 Å². The second-order valence-electron chi connectivity index (χ2n) is 10.3. The maximum absolute atomic E-state index is 13.3. The lowest BCUT2D eigenvalue weighted by Crippen LogP contribution is -2.49. The predicted octanol–water partition coefficient (Wildman–Crippen LogP) is 4.20. The van der Waals surface area contributed by atoms with Crippen LogP contribution in [0.3, 0.4) is 0 Å². The van der Waals surface area contributed by atoms with Gasteiger partial charge in [0.05, 0.1) is 24.0 Å². The maximum Gasteiger partial charge on any atom is 0.417 e. The van der Waals surface area contributed by atoms with Crippen molar-refractivity contribution >= 4 is 11.5 Å². The van der Waals surface area contributed by atoms with Gasteiger partial charge in [0.1, 0.15) is 17.2 Å². The Morgan fingerprint density at radius 2 is 1.97 bits per heavy atom. The predicted molar refractivity (Wildman–Crippen MR) is 126 cm³/mol. The van der Waals surface area contributed by atoms with E-state index in [1.54, 1.807) is 6.20 Å². The number of alkyl halides is 3. The van der Waals surface area contributed by atoms with E-state index in [1.807, 2.05) is 18.5 Å². The normalized spacial score (nSPS) is 23.5. The number of imidazole rings is 1. The molecule has 1 spiro atoms. The summed E-state index contributed by atoms with van der Waals surface area (Å²) >= 11 is 0. The van der Waals surface area contributed by atoms with Crippen LogP contribution in [0, 0.1) is 11.3 Å². The van der Waals surface area contributed by atoms with E-state index in [4.69, 9.17) is 4.98 Å². The molecule has 3 aliphatic rings. The van der Waals surface area contributed by atoms with Crippen molar-refractivity contribution in [2.24, 2.45) is 11.3 Å². The number of hydrogen-bond acceptors (Lipinski definition) is 6. The van der Waals surface area contributed by atoms with Gasteiger partial charge in [-0.15, -0.1) is 0 Å². The van der Waals surface area contributed by atoms with Gasteiger partial charge in [0.2, 0.25) is 0 Å². The molecule has 7 rings (SSSR count). The summed E-state index contributed by atoms with van der Waals surface area (Å²) in [4.78, 5) is 18.2. The van der Waals surface area contributed by atoms with Gasteiger partial charge in [-0.1, -0.05) is 0 Å². The number of hydrogen-bond donors (Lipinski definition) is 1. The van der Waals surface area contributed by atoms with Gasteiger partial charge in [-0.05, 0) is 48.8 Å². The smallest absolute Gasteiger partial charge is 0.353 e. The van der Waals surface area contributed by atoms with Gasteiger partial charge in [0, 0.05) is 50.3 Å². The molecule has 1 aliphatic heterocycles. The molecule has 0 bridgehead atoms. The standard InChI is InChI=1S/C25H25F3N8/c26-25(27,28)17-1-2-21-30-12-19(36(21)14-17)23-29-6-3-22(33-23)35-8-7-34(13-18-9-24(18)4-5-24)20(15-35)16-10-31-32-11-16/h1-3,6,10-12,14,18,20H,4-5,7-9,13,15H2,(H,31,32)/t18-,20+/m1/s1. The summed E-state index contributed by atoms with van der Waals surface area (Å²) in [5.41, 5.74) is 1.90. The SMILES string of the molecule is FC(F)(F)c1ccc2ncc(-c3nccc(N4CCN(C[C@H]5CC56CC6)[C@H](c5cn[nH]c5)C4)n3)n2c1. The quantitative estimate of drug-likeness (QED) is 0.448. The van der Waals surface area contributed by atoms with Gasteiger partial charge in [-0.25, -0.2) is 15.0 Å². The van der Waals surface area contributed by atoms with Crippen LogP contribution in [0.1, 0.15) is 36.4 Å². The van der Waals surface area contributed by atoms with Crippen molar-refractivity contribution < 1.29 is 13.2 Å². The van der Waals surface area contributed by atoms with E-state index in [0.717, 1.165) is 55.7 Å². The monoisotopic (exact) mass is 494 g/mol. The number of fused-ring (bicyclic) bond motifs is 1. The number of rotatable bonds is 5. The molecule has 0 amide bonds. The molecule has 8 nitrogen and oxygen atoms in total. The molecule has 2 atom stereocenters. The largest absolute Gasteiger partial charge is 0.417 e. The Balaban J connectivity index is 1.17. The third-order valence-corrected chi connectivity index (χ3v) is 8.13. The van der Waals surface area contributed by atoms with Crippen LogP contribution in [-0.2, 0) is 6.18 Å². The molecule has 1 N–H and O–H groups in total. The third kappa shape index (κ3) is 3.73. The third-order valence-electron chi connectivity index (χ3n) is 8.13. The molecule has 11 heteroatoms. The van der Waals surface area contributed by atoms with Crippen LogP contribution in [0.15, 0.2) is 49.2 Å². The van der Waals surface area contributed by atoms with Gasteiger partial charge >= 0.3 is 6.18 Å². The fourth-order valence-electron chi connectivity index (χ4n) is 5.71. The zero-order chi connectivity index (χ0) is 24.5. The minimum Gasteiger partial charge on any atom is -0.353 e. The molecule has 0 radical (unpaired) electrons. The van der Waals surface area contributed by atoms with Crippen molar-refractivity contribution in [2.45, 2.75) is 31.5 Å². The lowest BCUT2D eigenvalue weighted by atomic mass is 10.0. The first-order valence-electron chi connectivity index (χ1n) is 12.3. The second-order valence-corrected chi connectivity index (χ2v) is 10.3. The highest BCUT2D eigenvalue weighted by atomic mass is 19.4. The highest BCUT2D eigenvalue weighted by Crippen LogP contribution is 2.70. The summed E-state index contributed by atoms with van der Waals surface area (Å²) in [5.74, 6) is 1.90. The Kier molecular flexibility index (Phi) is 4.70. The van der Waals surface area contributed by atoms with Crippen molar-refractivity contribution in [3.63, 3.8) is 0 Å². The summed E-state index contributed by atoms with van der Waals surface area (Å²) in [6.07, 6.45) is 7.75. The van der Waals surface area contributed by atoms with Crippen molar-refractivity contribution in [3.05, 3.63) is 60.3 Å². The van der Waals surface area contributed by atoms with Crippen LogP contribution in [0.5, 0.6) is 0 Å². The number of piperazine rings is 1. The summed E-state index contributed by atoms with van der Waals surface area (Å²) < 4.78 is 41.3. The number of aromatic nitrogens is 6. The van der Waals surface area contributed by atoms with Crippen LogP contribution in [-0.4, -0.2) is 60.6 Å². The van der Waals surface area contributed by atoms with Gasteiger partial charge in [0.25, 0.3) is 0 Å². The van der Waals surface area contributed by atoms with Gasteiger partial charge < -0.3 is 4.90 Å². The molecule has 0 aromatic carbocycles. The van der Waals surface area contributed by atoms with Crippen LogP contribution in [0.4, 0.5) is 19.0 Å². The van der Waals surface area contributed by atoms with E-state index in [9.17, 15) is 13.2 Å². The van der Waals surface area contributed by atoms with Gasteiger partial charge in [-0.2, -0.15) is 18.3 Å². The molecule has 3 fully saturated rings. The average Bonchev–Trinajstić information content (AvgIpc) is 3.61. The molecule has 2 saturated carbocycles. The number of aromatic amines is 1. The topological polar surface area (TPSA) is 78.2 Å². The van der Waals surface area contributed by atoms with E-state index >= 15 is 0 Å².